The Balaban J connectivity index is 1.50. The first-order chi connectivity index (χ1) is 16.3. The number of anilines is 1. The van der Waals surface area contributed by atoms with Crippen molar-refractivity contribution in [1.29, 1.82) is 0 Å². The second-order valence-electron chi connectivity index (χ2n) is 8.50. The molecule has 0 saturated heterocycles. The molecule has 1 heterocycles. The van der Waals surface area contributed by atoms with Gasteiger partial charge in [-0.1, -0.05) is 91.0 Å². The van der Waals surface area contributed by atoms with Gasteiger partial charge in [0.1, 0.15) is 5.75 Å². The molecule has 33 heavy (non-hydrogen) atoms. The Morgan fingerprint density at radius 3 is 2.00 bits per heavy atom. The summed E-state index contributed by atoms with van der Waals surface area (Å²) in [6, 6.07) is 35.3. The molecular formula is C30H24N2O. The minimum atomic E-state index is 0.302. The minimum Gasteiger partial charge on any atom is -0.507 e. The van der Waals surface area contributed by atoms with Gasteiger partial charge in [0, 0.05) is 30.1 Å². The van der Waals surface area contributed by atoms with Crippen LogP contribution in [0.2, 0.25) is 0 Å². The maximum absolute atomic E-state index is 11.1. The zero-order valence-electron chi connectivity index (χ0n) is 18.2. The van der Waals surface area contributed by atoms with Crippen molar-refractivity contribution < 1.29 is 5.11 Å². The Bertz CT molecular complexity index is 1490. The number of phenols is 1. The third-order valence-corrected chi connectivity index (χ3v) is 6.39. The van der Waals surface area contributed by atoms with Crippen molar-refractivity contribution in [2.45, 2.75) is 6.54 Å². The molecule has 6 rings (SSSR count). The van der Waals surface area contributed by atoms with Crippen molar-refractivity contribution in [3.8, 4) is 16.9 Å². The van der Waals surface area contributed by atoms with E-state index in [-0.39, 0.29) is 0 Å². The van der Waals surface area contributed by atoms with Crippen LogP contribution in [0.25, 0.3) is 32.7 Å². The van der Waals surface area contributed by atoms with Crippen molar-refractivity contribution in [3.63, 3.8) is 0 Å². The van der Waals surface area contributed by atoms with E-state index in [1.165, 1.54) is 5.56 Å². The predicted molar refractivity (Wildman–Crippen MR) is 137 cm³/mol. The summed E-state index contributed by atoms with van der Waals surface area (Å²) in [6.45, 7) is 1.61. The van der Waals surface area contributed by atoms with Crippen molar-refractivity contribution >= 4 is 27.2 Å². The van der Waals surface area contributed by atoms with Crippen molar-refractivity contribution in [2.24, 2.45) is 0 Å². The van der Waals surface area contributed by atoms with Gasteiger partial charge in [-0.15, -0.1) is 0 Å². The fourth-order valence-electron chi connectivity index (χ4n) is 4.83. The molecule has 1 N–H and O–H groups in total. The summed E-state index contributed by atoms with van der Waals surface area (Å²) in [5.41, 5.74) is 4.32. The third kappa shape index (κ3) is 3.48. The molecule has 0 amide bonds. The van der Waals surface area contributed by atoms with Crippen LogP contribution in [0.4, 0.5) is 5.69 Å². The molecule has 3 heteroatoms. The summed E-state index contributed by atoms with van der Waals surface area (Å²) >= 11 is 0. The highest BCUT2D eigenvalue weighted by Gasteiger charge is 2.22. The normalized spacial score (nSPS) is 13.3. The monoisotopic (exact) mass is 428 g/mol. The minimum absolute atomic E-state index is 0.302. The molecule has 0 atom stereocenters. The van der Waals surface area contributed by atoms with E-state index in [2.05, 4.69) is 95.0 Å². The van der Waals surface area contributed by atoms with Gasteiger partial charge in [-0.2, -0.15) is 0 Å². The average Bonchev–Trinajstić information content (AvgIpc) is 3.32. The fraction of sp³-hybridized carbons (Fsp3) is 0.0667. The van der Waals surface area contributed by atoms with Crippen LogP contribution < -0.4 is 4.90 Å². The molecular weight excluding hydrogens is 404 g/mol. The van der Waals surface area contributed by atoms with Crippen LogP contribution in [0.3, 0.4) is 0 Å². The van der Waals surface area contributed by atoms with Gasteiger partial charge in [0.15, 0.2) is 0 Å². The van der Waals surface area contributed by atoms with E-state index in [4.69, 9.17) is 0 Å². The van der Waals surface area contributed by atoms with E-state index in [0.717, 1.165) is 51.6 Å². The lowest BCUT2D eigenvalue weighted by molar-refractivity contribution is 0.400. The Hall–Kier alpha value is -4.24. The van der Waals surface area contributed by atoms with E-state index in [9.17, 15) is 5.11 Å². The van der Waals surface area contributed by atoms with Crippen LogP contribution in [0.15, 0.2) is 116 Å². The molecule has 0 aromatic heterocycles. The van der Waals surface area contributed by atoms with Crippen molar-refractivity contribution in [2.75, 3.05) is 11.6 Å². The molecule has 0 radical (unpaired) electrons. The SMILES string of the molecule is Oc1ccc2ccccc2c1-c1c(N2C=CN(Cc3ccccc3)C2)ccc2ccccc12. The van der Waals surface area contributed by atoms with Crippen LogP contribution in [0.5, 0.6) is 5.75 Å². The second-order valence-corrected chi connectivity index (χ2v) is 8.50. The van der Waals surface area contributed by atoms with E-state index < -0.39 is 0 Å². The van der Waals surface area contributed by atoms with Crippen LogP contribution in [0, 0.1) is 0 Å². The topological polar surface area (TPSA) is 26.7 Å². The van der Waals surface area contributed by atoms with Gasteiger partial charge in [0.25, 0.3) is 0 Å². The van der Waals surface area contributed by atoms with Crippen LogP contribution in [0.1, 0.15) is 5.56 Å². The van der Waals surface area contributed by atoms with Gasteiger partial charge in [-0.05, 0) is 39.2 Å². The highest BCUT2D eigenvalue weighted by Crippen LogP contribution is 2.45. The quantitative estimate of drug-likeness (QED) is 0.330. The second kappa shape index (κ2) is 8.03. The summed E-state index contributed by atoms with van der Waals surface area (Å²) in [5.74, 6) is 0.302. The Kier molecular flexibility index (Phi) is 4.73. The van der Waals surface area contributed by atoms with Crippen molar-refractivity contribution in [3.05, 3.63) is 121 Å². The van der Waals surface area contributed by atoms with Gasteiger partial charge in [-0.3, -0.25) is 0 Å². The van der Waals surface area contributed by atoms with E-state index in [0.29, 0.717) is 5.75 Å². The number of nitrogens with zero attached hydrogens (tertiary/aromatic N) is 2. The number of hydrogen-bond donors (Lipinski definition) is 1. The van der Waals surface area contributed by atoms with E-state index >= 15 is 0 Å². The van der Waals surface area contributed by atoms with Gasteiger partial charge in [0.2, 0.25) is 0 Å². The van der Waals surface area contributed by atoms with Crippen molar-refractivity contribution in [1.82, 2.24) is 4.90 Å². The molecule has 0 aliphatic carbocycles. The lowest BCUT2D eigenvalue weighted by atomic mass is 9.91. The van der Waals surface area contributed by atoms with Crippen LogP contribution in [-0.4, -0.2) is 16.7 Å². The first-order valence-corrected chi connectivity index (χ1v) is 11.2. The van der Waals surface area contributed by atoms with E-state index in [1.807, 2.05) is 30.3 Å². The van der Waals surface area contributed by atoms with E-state index in [1.54, 1.807) is 0 Å². The number of aromatic hydroxyl groups is 1. The molecule has 0 saturated carbocycles. The molecule has 0 fully saturated rings. The summed E-state index contributed by atoms with van der Waals surface area (Å²) in [7, 11) is 0. The maximum Gasteiger partial charge on any atom is 0.124 e. The molecule has 5 aromatic carbocycles. The molecule has 3 nitrogen and oxygen atoms in total. The lowest BCUT2D eigenvalue weighted by Crippen LogP contribution is -2.25. The Morgan fingerprint density at radius 2 is 1.24 bits per heavy atom. The third-order valence-electron chi connectivity index (χ3n) is 6.39. The summed E-state index contributed by atoms with van der Waals surface area (Å²) < 4.78 is 0. The molecule has 0 bridgehead atoms. The van der Waals surface area contributed by atoms with Crippen LogP contribution in [-0.2, 0) is 6.54 Å². The highest BCUT2D eigenvalue weighted by atomic mass is 16.3. The Morgan fingerprint density at radius 1 is 0.606 bits per heavy atom. The molecule has 0 unspecified atom stereocenters. The van der Waals surface area contributed by atoms with Gasteiger partial charge in [0.05, 0.1) is 12.4 Å². The summed E-state index contributed by atoms with van der Waals surface area (Å²) in [4.78, 5) is 4.57. The number of fused-ring (bicyclic) bond motifs is 2. The number of phenolic OH excluding ortho intramolecular Hbond substituents is 1. The molecule has 0 spiro atoms. The number of hydrogen-bond acceptors (Lipinski definition) is 3. The largest absolute Gasteiger partial charge is 0.507 e. The molecule has 1 aliphatic rings. The van der Waals surface area contributed by atoms with Crippen LogP contribution >= 0.6 is 0 Å². The van der Waals surface area contributed by atoms with Gasteiger partial charge in [-0.25, -0.2) is 0 Å². The first-order valence-electron chi connectivity index (χ1n) is 11.2. The zero-order valence-corrected chi connectivity index (χ0v) is 18.2. The summed E-state index contributed by atoms with van der Waals surface area (Å²) in [6.07, 6.45) is 4.29. The summed E-state index contributed by atoms with van der Waals surface area (Å²) in [5, 5.41) is 15.6. The maximum atomic E-state index is 11.1. The number of benzene rings is 5. The van der Waals surface area contributed by atoms with Gasteiger partial charge >= 0.3 is 0 Å². The Labute approximate surface area is 193 Å². The fourth-order valence-corrected chi connectivity index (χ4v) is 4.83. The molecule has 5 aromatic rings. The molecule has 1 aliphatic heterocycles. The predicted octanol–water partition coefficient (Wildman–Crippen LogP) is 7.12. The lowest BCUT2D eigenvalue weighted by Gasteiger charge is -2.25. The number of rotatable bonds is 4. The van der Waals surface area contributed by atoms with Gasteiger partial charge < -0.3 is 14.9 Å². The standard InChI is InChI=1S/C30H24N2O/c33-28-17-15-24-11-5-7-13-26(24)30(28)29-25-12-6-4-10-23(25)14-16-27(29)32-19-18-31(21-32)20-22-8-2-1-3-9-22/h1-19,33H,20-21H2. The highest BCUT2D eigenvalue weighted by molar-refractivity contribution is 6.11. The first kappa shape index (κ1) is 19.4. The zero-order chi connectivity index (χ0) is 22.2. The smallest absolute Gasteiger partial charge is 0.124 e. The molecule has 160 valence electrons. The average molecular weight is 429 g/mol.